The van der Waals surface area contributed by atoms with Crippen LogP contribution in [0.2, 0.25) is 0 Å². The van der Waals surface area contributed by atoms with Crippen LogP contribution in [0.5, 0.6) is 0 Å². The number of hydrogen-bond acceptors (Lipinski definition) is 8. The van der Waals surface area contributed by atoms with Gasteiger partial charge in [-0.3, -0.25) is 9.59 Å². The third-order valence-corrected chi connectivity index (χ3v) is 10.4. The number of ether oxygens (including phenoxy) is 3. The summed E-state index contributed by atoms with van der Waals surface area (Å²) in [6.45, 7) is 5.07. The summed E-state index contributed by atoms with van der Waals surface area (Å²) >= 11 is 0. The van der Waals surface area contributed by atoms with Crippen molar-refractivity contribution in [2.45, 2.75) is 102 Å². The molecule has 0 unspecified atom stereocenters. The molecule has 2 N–H and O–H groups in total. The van der Waals surface area contributed by atoms with Gasteiger partial charge in [-0.2, -0.15) is 0 Å². The Balaban J connectivity index is 1.28. The fraction of sp³-hybridized carbons (Fsp3) is 0.667. The van der Waals surface area contributed by atoms with Gasteiger partial charge in [0.05, 0.1) is 19.3 Å². The zero-order chi connectivity index (χ0) is 34.6. The number of furan rings is 1. The van der Waals surface area contributed by atoms with E-state index in [4.69, 9.17) is 18.6 Å². The number of alkyl carbamates (subject to hydrolysis) is 1. The molecular formula is C36H50FN3O8. The number of esters is 1. The van der Waals surface area contributed by atoms with Crippen LogP contribution >= 0.6 is 0 Å². The molecule has 3 atom stereocenters. The van der Waals surface area contributed by atoms with Gasteiger partial charge in [-0.1, -0.05) is 0 Å². The lowest BCUT2D eigenvalue weighted by atomic mass is 9.75. The summed E-state index contributed by atoms with van der Waals surface area (Å²) in [7, 11) is 3.02. The van der Waals surface area contributed by atoms with Gasteiger partial charge in [0.25, 0.3) is 0 Å². The number of likely N-dealkylation sites (tertiary alicyclic amines) is 1. The third kappa shape index (κ3) is 8.30. The van der Waals surface area contributed by atoms with Crippen LogP contribution in [0.15, 0.2) is 28.7 Å². The Morgan fingerprint density at radius 3 is 2.31 bits per heavy atom. The lowest BCUT2D eigenvalue weighted by molar-refractivity contribution is -0.142. The minimum absolute atomic E-state index is 0.0145. The SMILES string of the molecule is COC(=O)c1cc2cc(NC(=O)[C@@H]3[C@H](C4CCC(OC)CC4)CCN3C(=O)[C@H]3CC[C@H]([C@@H](CF)NC(=O)OC(C)(C)C)CC3)ccc2o1. The Labute approximate surface area is 281 Å². The number of carbonyl (C=O) groups is 4. The number of fused-ring (bicyclic) bond motifs is 1. The normalized spacial score (nSPS) is 26.9. The van der Waals surface area contributed by atoms with Crippen LogP contribution < -0.4 is 10.6 Å². The third-order valence-electron chi connectivity index (χ3n) is 10.4. The van der Waals surface area contributed by atoms with Gasteiger partial charge in [0.15, 0.2) is 0 Å². The molecular weight excluding hydrogens is 621 g/mol. The van der Waals surface area contributed by atoms with Crippen LogP contribution in [0, 0.1) is 23.7 Å². The molecule has 48 heavy (non-hydrogen) atoms. The number of nitrogens with one attached hydrogen (secondary N) is 2. The van der Waals surface area contributed by atoms with Crippen molar-refractivity contribution >= 4 is 40.5 Å². The minimum Gasteiger partial charge on any atom is -0.463 e. The summed E-state index contributed by atoms with van der Waals surface area (Å²) in [5, 5.41) is 6.39. The zero-order valence-electron chi connectivity index (χ0n) is 28.7. The number of alkyl halides is 1. The molecule has 0 spiro atoms. The van der Waals surface area contributed by atoms with E-state index in [9.17, 15) is 23.6 Å². The van der Waals surface area contributed by atoms with Crippen molar-refractivity contribution in [3.8, 4) is 0 Å². The van der Waals surface area contributed by atoms with Crippen LogP contribution in [0.25, 0.3) is 11.0 Å². The van der Waals surface area contributed by atoms with Gasteiger partial charge in [0.1, 0.15) is 23.9 Å². The molecule has 1 aliphatic heterocycles. The van der Waals surface area contributed by atoms with Crippen LogP contribution in [-0.2, 0) is 23.8 Å². The average molecular weight is 672 g/mol. The Morgan fingerprint density at radius 2 is 1.69 bits per heavy atom. The summed E-state index contributed by atoms with van der Waals surface area (Å²) in [4.78, 5) is 54.4. The van der Waals surface area contributed by atoms with Crippen molar-refractivity contribution < 1.29 is 42.2 Å². The molecule has 1 aromatic heterocycles. The summed E-state index contributed by atoms with van der Waals surface area (Å²) in [5.74, 6) is -0.856. The Hall–Kier alpha value is -3.67. The largest absolute Gasteiger partial charge is 0.463 e. The fourth-order valence-corrected chi connectivity index (χ4v) is 7.93. The summed E-state index contributed by atoms with van der Waals surface area (Å²) in [6, 6.07) is 5.43. The fourth-order valence-electron chi connectivity index (χ4n) is 7.93. The van der Waals surface area contributed by atoms with Gasteiger partial charge in [-0.15, -0.1) is 0 Å². The molecule has 1 aromatic carbocycles. The summed E-state index contributed by atoms with van der Waals surface area (Å²) < 4.78 is 35.3. The van der Waals surface area contributed by atoms with Crippen molar-refractivity contribution in [2.75, 3.05) is 32.8 Å². The Kier molecular flexibility index (Phi) is 11.3. The molecule has 12 heteroatoms. The second-order valence-electron chi connectivity index (χ2n) is 14.6. The molecule has 0 radical (unpaired) electrons. The van der Waals surface area contributed by atoms with Gasteiger partial charge >= 0.3 is 12.1 Å². The van der Waals surface area contributed by atoms with Crippen molar-refractivity contribution in [2.24, 2.45) is 23.7 Å². The van der Waals surface area contributed by atoms with E-state index in [-0.39, 0.29) is 41.4 Å². The number of benzene rings is 1. The number of hydrogen-bond donors (Lipinski definition) is 2. The first kappa shape index (κ1) is 35.6. The summed E-state index contributed by atoms with van der Waals surface area (Å²) in [5.41, 5.74) is 0.348. The van der Waals surface area contributed by atoms with E-state index in [1.165, 1.54) is 7.11 Å². The molecule has 2 aromatic rings. The van der Waals surface area contributed by atoms with Gasteiger partial charge in [-0.05, 0) is 121 Å². The number of amides is 3. The highest BCUT2D eigenvalue weighted by Gasteiger charge is 2.47. The van der Waals surface area contributed by atoms with Crippen molar-refractivity contribution in [1.29, 1.82) is 0 Å². The number of halogens is 1. The quantitative estimate of drug-likeness (QED) is 0.299. The van der Waals surface area contributed by atoms with Crippen LogP contribution in [0.3, 0.4) is 0 Å². The smallest absolute Gasteiger partial charge is 0.407 e. The maximum Gasteiger partial charge on any atom is 0.407 e. The van der Waals surface area contributed by atoms with Crippen LogP contribution in [0.4, 0.5) is 14.9 Å². The van der Waals surface area contributed by atoms with E-state index < -0.39 is 36.4 Å². The standard InChI is InChI=1S/C36H50FN3O8/c1-36(2,3)48-35(44)39-28(20-37)22-6-8-23(9-7-22)33(42)40-17-16-27(21-10-13-26(45-4)14-11-21)31(40)32(41)38-25-12-15-29-24(18-25)19-30(47-29)34(43)46-5/h12,15,18-19,21-23,26-28,31H,6-11,13-14,16-17,20H2,1-5H3,(H,38,41)(H,39,44)/t21?,22-,23-,26?,27-,28+,31-/m0/s1. The second-order valence-corrected chi connectivity index (χ2v) is 14.6. The monoisotopic (exact) mass is 671 g/mol. The van der Waals surface area contributed by atoms with E-state index in [1.54, 1.807) is 57.0 Å². The lowest BCUT2D eigenvalue weighted by Gasteiger charge is -2.38. The second kappa shape index (κ2) is 15.3. The number of nitrogens with zero attached hydrogens (tertiary/aromatic N) is 1. The van der Waals surface area contributed by atoms with Crippen molar-refractivity contribution in [3.63, 3.8) is 0 Å². The molecule has 0 bridgehead atoms. The average Bonchev–Trinajstić information content (AvgIpc) is 3.71. The number of methoxy groups -OCH3 is 2. The molecule has 1 saturated heterocycles. The van der Waals surface area contributed by atoms with Crippen molar-refractivity contribution in [1.82, 2.24) is 10.2 Å². The maximum atomic E-state index is 14.2. The summed E-state index contributed by atoms with van der Waals surface area (Å²) in [6.07, 6.45) is 6.35. The maximum absolute atomic E-state index is 14.2. The molecule has 3 fully saturated rings. The van der Waals surface area contributed by atoms with Gasteiger partial charge in [-0.25, -0.2) is 14.0 Å². The lowest BCUT2D eigenvalue weighted by Crippen LogP contribution is -2.50. The highest BCUT2D eigenvalue weighted by molar-refractivity contribution is 6.00. The highest BCUT2D eigenvalue weighted by Crippen LogP contribution is 2.42. The van der Waals surface area contributed by atoms with Crippen molar-refractivity contribution in [3.05, 3.63) is 30.0 Å². The molecule has 5 rings (SSSR count). The first-order valence-corrected chi connectivity index (χ1v) is 17.2. The molecule has 11 nitrogen and oxygen atoms in total. The van der Waals surface area contributed by atoms with E-state index >= 15 is 0 Å². The minimum atomic E-state index is -0.710. The topological polar surface area (TPSA) is 136 Å². The van der Waals surface area contributed by atoms with E-state index in [0.717, 1.165) is 32.1 Å². The molecule has 3 aliphatic rings. The van der Waals surface area contributed by atoms with E-state index in [0.29, 0.717) is 54.8 Å². The van der Waals surface area contributed by atoms with E-state index in [2.05, 4.69) is 10.6 Å². The molecule has 3 amide bonds. The molecule has 2 aliphatic carbocycles. The highest BCUT2D eigenvalue weighted by atomic mass is 19.1. The first-order chi connectivity index (χ1) is 22.9. The first-order valence-electron chi connectivity index (χ1n) is 17.2. The molecule has 2 saturated carbocycles. The Bertz CT molecular complexity index is 1450. The Morgan fingerprint density at radius 1 is 0.979 bits per heavy atom. The van der Waals surface area contributed by atoms with Gasteiger partial charge < -0.3 is 34.2 Å². The van der Waals surface area contributed by atoms with Crippen LogP contribution in [0.1, 0.15) is 89.1 Å². The molecule has 2 heterocycles. The van der Waals surface area contributed by atoms with Gasteiger partial charge in [0.2, 0.25) is 17.6 Å². The predicted molar refractivity (Wildman–Crippen MR) is 177 cm³/mol. The molecule has 264 valence electrons. The predicted octanol–water partition coefficient (Wildman–Crippen LogP) is 6.25. The number of carbonyl (C=O) groups excluding carboxylic acids is 4. The zero-order valence-corrected chi connectivity index (χ0v) is 28.7. The van der Waals surface area contributed by atoms with Gasteiger partial charge in [0, 0.05) is 30.6 Å². The number of rotatable bonds is 9. The van der Waals surface area contributed by atoms with Crippen LogP contribution in [-0.4, -0.2) is 80.0 Å². The number of anilines is 1. The van der Waals surface area contributed by atoms with E-state index in [1.807, 2.05) is 0 Å².